The van der Waals surface area contributed by atoms with Crippen LogP contribution in [0.2, 0.25) is 0 Å². The lowest BCUT2D eigenvalue weighted by Gasteiger charge is -2.36. The van der Waals surface area contributed by atoms with Crippen LogP contribution in [0, 0.1) is 5.82 Å². The first-order valence-corrected chi connectivity index (χ1v) is 6.55. The van der Waals surface area contributed by atoms with E-state index in [0.29, 0.717) is 12.0 Å². The van der Waals surface area contributed by atoms with Crippen LogP contribution in [0.25, 0.3) is 0 Å². The standard InChI is InChI=1S/C15H16FN3/c16-13-3-1-11(2-4-13)12-7-15(8-12)18-9-14-5-6-17-10-19-14/h1-6,10,12,15,18H,7-9H2. The van der Waals surface area contributed by atoms with Gasteiger partial charge < -0.3 is 5.32 Å². The second kappa shape index (κ2) is 5.45. The molecule has 1 aliphatic rings. The largest absolute Gasteiger partial charge is 0.308 e. The highest BCUT2D eigenvalue weighted by atomic mass is 19.1. The Labute approximate surface area is 111 Å². The van der Waals surface area contributed by atoms with Gasteiger partial charge in [-0.3, -0.25) is 0 Å². The van der Waals surface area contributed by atoms with E-state index < -0.39 is 0 Å². The summed E-state index contributed by atoms with van der Waals surface area (Å²) in [6.45, 7) is 0.781. The van der Waals surface area contributed by atoms with E-state index in [4.69, 9.17) is 0 Å². The Morgan fingerprint density at radius 3 is 2.63 bits per heavy atom. The molecule has 0 bridgehead atoms. The molecule has 0 radical (unpaired) electrons. The van der Waals surface area contributed by atoms with Crippen molar-refractivity contribution in [2.24, 2.45) is 0 Å². The van der Waals surface area contributed by atoms with Gasteiger partial charge in [-0.05, 0) is 42.5 Å². The van der Waals surface area contributed by atoms with E-state index in [1.54, 1.807) is 12.5 Å². The fourth-order valence-electron chi connectivity index (χ4n) is 2.46. The van der Waals surface area contributed by atoms with Crippen LogP contribution in [0.4, 0.5) is 4.39 Å². The monoisotopic (exact) mass is 257 g/mol. The van der Waals surface area contributed by atoms with Crippen LogP contribution in [0.15, 0.2) is 42.9 Å². The maximum atomic E-state index is 12.8. The van der Waals surface area contributed by atoms with Gasteiger partial charge in [-0.15, -0.1) is 0 Å². The predicted octanol–water partition coefficient (Wildman–Crippen LogP) is 2.65. The average Bonchev–Trinajstić information content (AvgIpc) is 2.40. The molecule has 0 amide bonds. The summed E-state index contributed by atoms with van der Waals surface area (Å²) >= 11 is 0. The second-order valence-corrected chi connectivity index (χ2v) is 5.00. The molecular formula is C15H16FN3. The minimum atomic E-state index is -0.165. The Bertz CT molecular complexity index is 521. The Kier molecular flexibility index (Phi) is 3.51. The first-order valence-electron chi connectivity index (χ1n) is 6.55. The zero-order valence-electron chi connectivity index (χ0n) is 10.6. The van der Waals surface area contributed by atoms with Crippen LogP contribution in [-0.2, 0) is 6.54 Å². The molecule has 98 valence electrons. The summed E-state index contributed by atoms with van der Waals surface area (Å²) in [5.41, 5.74) is 2.25. The predicted molar refractivity (Wildman–Crippen MR) is 71.0 cm³/mol. The van der Waals surface area contributed by atoms with Crippen molar-refractivity contribution in [3.8, 4) is 0 Å². The molecule has 1 N–H and O–H groups in total. The number of hydrogen-bond acceptors (Lipinski definition) is 3. The topological polar surface area (TPSA) is 37.8 Å². The molecule has 0 unspecified atom stereocenters. The Balaban J connectivity index is 1.47. The van der Waals surface area contributed by atoms with Gasteiger partial charge in [0, 0.05) is 18.8 Å². The number of nitrogens with zero attached hydrogens (tertiary/aromatic N) is 2. The third kappa shape index (κ3) is 2.96. The molecule has 19 heavy (non-hydrogen) atoms. The summed E-state index contributed by atoms with van der Waals surface area (Å²) < 4.78 is 12.8. The number of halogens is 1. The highest BCUT2D eigenvalue weighted by Gasteiger charge is 2.29. The fraction of sp³-hybridized carbons (Fsp3) is 0.333. The molecule has 0 atom stereocenters. The SMILES string of the molecule is Fc1ccc(C2CC(NCc3ccncn3)C2)cc1. The van der Waals surface area contributed by atoms with Gasteiger partial charge in [-0.2, -0.15) is 0 Å². The van der Waals surface area contributed by atoms with Gasteiger partial charge in [0.25, 0.3) is 0 Å². The molecule has 1 heterocycles. The van der Waals surface area contributed by atoms with Crippen molar-refractivity contribution in [2.45, 2.75) is 31.3 Å². The van der Waals surface area contributed by atoms with Crippen molar-refractivity contribution in [1.82, 2.24) is 15.3 Å². The zero-order valence-corrected chi connectivity index (χ0v) is 10.6. The summed E-state index contributed by atoms with van der Waals surface area (Å²) in [5.74, 6) is 0.394. The Hall–Kier alpha value is -1.81. The Morgan fingerprint density at radius 1 is 1.16 bits per heavy atom. The van der Waals surface area contributed by atoms with Crippen LogP contribution in [0.1, 0.15) is 30.0 Å². The number of benzene rings is 1. The molecule has 1 aromatic heterocycles. The number of rotatable bonds is 4. The summed E-state index contributed by atoms with van der Waals surface area (Å²) in [5, 5.41) is 3.48. The minimum absolute atomic E-state index is 0.165. The first kappa shape index (κ1) is 12.2. The van der Waals surface area contributed by atoms with Gasteiger partial charge in [0.1, 0.15) is 12.1 Å². The zero-order chi connectivity index (χ0) is 13.1. The first-order chi connectivity index (χ1) is 9.31. The average molecular weight is 257 g/mol. The maximum absolute atomic E-state index is 12.8. The normalized spacial score (nSPS) is 21.9. The van der Waals surface area contributed by atoms with Gasteiger partial charge in [0.2, 0.25) is 0 Å². The molecule has 1 aromatic carbocycles. The number of hydrogen-bond donors (Lipinski definition) is 1. The van der Waals surface area contributed by atoms with E-state index in [1.165, 1.54) is 17.7 Å². The molecular weight excluding hydrogens is 241 g/mol. The van der Waals surface area contributed by atoms with E-state index in [1.807, 2.05) is 18.2 Å². The van der Waals surface area contributed by atoms with E-state index in [9.17, 15) is 4.39 Å². The van der Waals surface area contributed by atoms with Crippen LogP contribution in [-0.4, -0.2) is 16.0 Å². The third-order valence-corrected chi connectivity index (χ3v) is 3.69. The van der Waals surface area contributed by atoms with E-state index >= 15 is 0 Å². The van der Waals surface area contributed by atoms with Gasteiger partial charge >= 0.3 is 0 Å². The van der Waals surface area contributed by atoms with Gasteiger partial charge in [-0.1, -0.05) is 12.1 Å². The fourth-order valence-corrected chi connectivity index (χ4v) is 2.46. The molecule has 3 nitrogen and oxygen atoms in total. The molecule has 2 aromatic rings. The van der Waals surface area contributed by atoms with Gasteiger partial charge in [-0.25, -0.2) is 14.4 Å². The number of nitrogens with one attached hydrogen (secondary N) is 1. The lowest BCUT2D eigenvalue weighted by atomic mass is 9.76. The maximum Gasteiger partial charge on any atom is 0.123 e. The van der Waals surface area contributed by atoms with Crippen molar-refractivity contribution >= 4 is 0 Å². The summed E-state index contributed by atoms with van der Waals surface area (Å²) in [7, 11) is 0. The molecule has 0 spiro atoms. The van der Waals surface area contributed by atoms with Crippen molar-refractivity contribution in [3.05, 3.63) is 59.9 Å². The van der Waals surface area contributed by atoms with Crippen molar-refractivity contribution in [3.63, 3.8) is 0 Å². The minimum Gasteiger partial charge on any atom is -0.308 e. The van der Waals surface area contributed by atoms with Crippen LogP contribution >= 0.6 is 0 Å². The molecule has 0 aliphatic heterocycles. The number of aromatic nitrogens is 2. The summed E-state index contributed by atoms with van der Waals surface area (Å²) in [6.07, 6.45) is 5.54. The van der Waals surface area contributed by atoms with Crippen molar-refractivity contribution in [2.75, 3.05) is 0 Å². The summed E-state index contributed by atoms with van der Waals surface area (Å²) in [6, 6.07) is 9.31. The van der Waals surface area contributed by atoms with E-state index in [0.717, 1.165) is 25.1 Å². The van der Waals surface area contributed by atoms with Crippen LogP contribution < -0.4 is 5.32 Å². The van der Waals surface area contributed by atoms with E-state index in [-0.39, 0.29) is 5.82 Å². The highest BCUT2D eigenvalue weighted by Crippen LogP contribution is 2.36. The summed E-state index contributed by atoms with van der Waals surface area (Å²) in [4.78, 5) is 8.08. The van der Waals surface area contributed by atoms with Crippen molar-refractivity contribution in [1.29, 1.82) is 0 Å². The molecule has 3 rings (SSSR count). The second-order valence-electron chi connectivity index (χ2n) is 5.00. The van der Waals surface area contributed by atoms with Crippen LogP contribution in [0.3, 0.4) is 0 Å². The van der Waals surface area contributed by atoms with E-state index in [2.05, 4.69) is 15.3 Å². The lowest BCUT2D eigenvalue weighted by Crippen LogP contribution is -2.39. The highest BCUT2D eigenvalue weighted by molar-refractivity contribution is 5.23. The van der Waals surface area contributed by atoms with Crippen LogP contribution in [0.5, 0.6) is 0 Å². The smallest absolute Gasteiger partial charge is 0.123 e. The molecule has 4 heteroatoms. The van der Waals surface area contributed by atoms with Gasteiger partial charge in [0.15, 0.2) is 0 Å². The Morgan fingerprint density at radius 2 is 1.95 bits per heavy atom. The third-order valence-electron chi connectivity index (χ3n) is 3.69. The van der Waals surface area contributed by atoms with Crippen molar-refractivity contribution < 1.29 is 4.39 Å². The van der Waals surface area contributed by atoms with Gasteiger partial charge in [0.05, 0.1) is 5.69 Å². The molecule has 0 saturated heterocycles. The lowest BCUT2D eigenvalue weighted by molar-refractivity contribution is 0.288. The quantitative estimate of drug-likeness (QED) is 0.915. The molecule has 1 aliphatic carbocycles. The molecule has 1 saturated carbocycles. The molecule has 1 fully saturated rings.